The SMILES string of the molecule is C=N/C=C(\C=C\[C@]1(C)CC(=O)N(C)C(=N)N1)c1cccc(C)c1. The van der Waals surface area contributed by atoms with Crippen LogP contribution < -0.4 is 5.32 Å². The Labute approximate surface area is 136 Å². The van der Waals surface area contributed by atoms with Crippen molar-refractivity contribution in [1.82, 2.24) is 10.2 Å². The summed E-state index contributed by atoms with van der Waals surface area (Å²) in [5, 5.41) is 10.9. The van der Waals surface area contributed by atoms with Crippen LogP contribution in [-0.4, -0.2) is 36.1 Å². The van der Waals surface area contributed by atoms with Gasteiger partial charge in [0.1, 0.15) is 0 Å². The normalized spacial score (nSPS) is 22.4. The van der Waals surface area contributed by atoms with Crippen molar-refractivity contribution in [2.75, 3.05) is 7.05 Å². The molecule has 1 fully saturated rings. The second-order valence-corrected chi connectivity index (χ2v) is 5.99. The van der Waals surface area contributed by atoms with E-state index in [1.807, 2.05) is 44.2 Å². The highest BCUT2D eigenvalue weighted by atomic mass is 16.2. The van der Waals surface area contributed by atoms with Crippen LogP contribution in [0.3, 0.4) is 0 Å². The van der Waals surface area contributed by atoms with Gasteiger partial charge in [-0.1, -0.05) is 42.0 Å². The number of hydrogen-bond donors (Lipinski definition) is 2. The van der Waals surface area contributed by atoms with Crippen LogP contribution in [0, 0.1) is 12.3 Å². The Morgan fingerprint density at radius 3 is 2.87 bits per heavy atom. The molecule has 0 aromatic heterocycles. The zero-order valence-electron chi connectivity index (χ0n) is 13.8. The summed E-state index contributed by atoms with van der Waals surface area (Å²) in [5.41, 5.74) is 2.51. The average Bonchev–Trinajstić information content (AvgIpc) is 2.49. The molecule has 1 aliphatic rings. The van der Waals surface area contributed by atoms with Crippen LogP contribution in [0.2, 0.25) is 0 Å². The Morgan fingerprint density at radius 1 is 1.52 bits per heavy atom. The molecule has 1 saturated heterocycles. The van der Waals surface area contributed by atoms with E-state index in [4.69, 9.17) is 5.41 Å². The Morgan fingerprint density at radius 2 is 2.26 bits per heavy atom. The van der Waals surface area contributed by atoms with Crippen molar-refractivity contribution in [3.63, 3.8) is 0 Å². The molecular weight excluding hydrogens is 288 g/mol. The highest BCUT2D eigenvalue weighted by Crippen LogP contribution is 2.23. The van der Waals surface area contributed by atoms with Crippen LogP contribution in [0.1, 0.15) is 24.5 Å². The van der Waals surface area contributed by atoms with Crippen molar-refractivity contribution in [1.29, 1.82) is 5.41 Å². The lowest BCUT2D eigenvalue weighted by Gasteiger charge is -2.37. The van der Waals surface area contributed by atoms with E-state index in [2.05, 4.69) is 23.1 Å². The summed E-state index contributed by atoms with van der Waals surface area (Å²) in [6, 6.07) is 8.10. The van der Waals surface area contributed by atoms with Gasteiger partial charge in [0.15, 0.2) is 5.96 Å². The molecule has 5 heteroatoms. The zero-order valence-corrected chi connectivity index (χ0v) is 13.8. The minimum Gasteiger partial charge on any atom is -0.347 e. The van der Waals surface area contributed by atoms with E-state index in [0.717, 1.165) is 16.7 Å². The molecule has 0 bridgehead atoms. The van der Waals surface area contributed by atoms with Gasteiger partial charge in [-0.15, -0.1) is 0 Å². The van der Waals surface area contributed by atoms with Crippen LogP contribution in [0.15, 0.2) is 47.6 Å². The predicted molar refractivity (Wildman–Crippen MR) is 94.5 cm³/mol. The van der Waals surface area contributed by atoms with Gasteiger partial charge < -0.3 is 5.32 Å². The maximum atomic E-state index is 12.0. The third-order valence-corrected chi connectivity index (χ3v) is 3.84. The molecular formula is C18H22N4O. The summed E-state index contributed by atoms with van der Waals surface area (Å²) in [5.74, 6) is 0.0279. The largest absolute Gasteiger partial charge is 0.347 e. The summed E-state index contributed by atoms with van der Waals surface area (Å²) in [7, 11) is 1.60. The number of rotatable bonds is 4. The molecule has 1 aromatic carbocycles. The zero-order chi connectivity index (χ0) is 17.0. The summed E-state index contributed by atoms with van der Waals surface area (Å²) < 4.78 is 0. The second-order valence-electron chi connectivity index (χ2n) is 5.99. The summed E-state index contributed by atoms with van der Waals surface area (Å²) in [4.78, 5) is 17.2. The Bertz CT molecular complexity index is 685. The van der Waals surface area contributed by atoms with Crippen molar-refractivity contribution in [3.8, 4) is 0 Å². The van der Waals surface area contributed by atoms with Crippen LogP contribution in [-0.2, 0) is 4.79 Å². The molecule has 120 valence electrons. The van der Waals surface area contributed by atoms with Crippen LogP contribution in [0.4, 0.5) is 0 Å². The first-order valence-corrected chi connectivity index (χ1v) is 7.40. The van der Waals surface area contributed by atoms with E-state index < -0.39 is 5.54 Å². The molecule has 23 heavy (non-hydrogen) atoms. The van der Waals surface area contributed by atoms with Gasteiger partial charge in [0.25, 0.3) is 0 Å². The molecule has 1 aliphatic heterocycles. The van der Waals surface area contributed by atoms with E-state index in [1.165, 1.54) is 4.90 Å². The fourth-order valence-electron chi connectivity index (χ4n) is 2.47. The van der Waals surface area contributed by atoms with Gasteiger partial charge in [-0.2, -0.15) is 0 Å². The predicted octanol–water partition coefficient (Wildman–Crippen LogP) is 2.74. The number of guanidine groups is 1. The third kappa shape index (κ3) is 3.94. The van der Waals surface area contributed by atoms with E-state index in [0.29, 0.717) is 6.42 Å². The highest BCUT2D eigenvalue weighted by molar-refractivity contribution is 5.99. The Balaban J connectivity index is 2.28. The molecule has 2 rings (SSSR count). The van der Waals surface area contributed by atoms with Gasteiger partial charge in [0.2, 0.25) is 5.91 Å². The number of amides is 1. The molecule has 5 nitrogen and oxygen atoms in total. The number of benzene rings is 1. The summed E-state index contributed by atoms with van der Waals surface area (Å²) in [6.45, 7) is 7.46. The van der Waals surface area contributed by atoms with Gasteiger partial charge in [-0.05, 0) is 31.7 Å². The van der Waals surface area contributed by atoms with E-state index in [-0.39, 0.29) is 11.9 Å². The Hall–Kier alpha value is -2.69. The van der Waals surface area contributed by atoms with Crippen molar-refractivity contribution >= 4 is 24.2 Å². The number of carbonyl (C=O) groups excluding carboxylic acids is 1. The number of aryl methyl sites for hydroxylation is 1. The fourth-order valence-corrected chi connectivity index (χ4v) is 2.47. The van der Waals surface area contributed by atoms with Crippen LogP contribution in [0.5, 0.6) is 0 Å². The fraction of sp³-hybridized carbons (Fsp3) is 0.278. The molecule has 0 spiro atoms. The minimum atomic E-state index is -0.592. The lowest BCUT2D eigenvalue weighted by molar-refractivity contribution is -0.128. The molecule has 0 saturated carbocycles. The van der Waals surface area contributed by atoms with Crippen molar-refractivity contribution in [3.05, 3.63) is 53.7 Å². The molecule has 0 radical (unpaired) electrons. The monoisotopic (exact) mass is 310 g/mol. The van der Waals surface area contributed by atoms with Gasteiger partial charge in [-0.3, -0.25) is 20.1 Å². The topological polar surface area (TPSA) is 68.5 Å². The molecule has 1 aromatic rings. The second kappa shape index (κ2) is 6.60. The van der Waals surface area contributed by atoms with E-state index >= 15 is 0 Å². The third-order valence-electron chi connectivity index (χ3n) is 3.84. The molecule has 2 N–H and O–H groups in total. The first kappa shape index (κ1) is 16.7. The molecule has 1 amide bonds. The number of allylic oxidation sites excluding steroid dienone is 2. The highest BCUT2D eigenvalue weighted by Gasteiger charge is 2.34. The van der Waals surface area contributed by atoms with E-state index in [9.17, 15) is 4.79 Å². The number of nitrogens with zero attached hydrogens (tertiary/aromatic N) is 2. The van der Waals surface area contributed by atoms with Crippen molar-refractivity contribution in [2.45, 2.75) is 25.8 Å². The van der Waals surface area contributed by atoms with E-state index in [1.54, 1.807) is 13.2 Å². The molecule has 0 unspecified atom stereocenters. The number of nitrogens with one attached hydrogen (secondary N) is 2. The maximum absolute atomic E-state index is 12.0. The number of aliphatic imine (C=N–C) groups is 1. The van der Waals surface area contributed by atoms with Crippen molar-refractivity contribution in [2.24, 2.45) is 4.99 Å². The maximum Gasteiger partial charge on any atom is 0.231 e. The smallest absolute Gasteiger partial charge is 0.231 e. The first-order valence-electron chi connectivity index (χ1n) is 7.40. The minimum absolute atomic E-state index is 0.0798. The lowest BCUT2D eigenvalue weighted by atomic mass is 9.92. The quantitative estimate of drug-likeness (QED) is 0.663. The summed E-state index contributed by atoms with van der Waals surface area (Å²) >= 11 is 0. The van der Waals surface area contributed by atoms with Gasteiger partial charge in [-0.25, -0.2) is 0 Å². The number of carbonyl (C=O) groups is 1. The van der Waals surface area contributed by atoms with Crippen LogP contribution >= 0.6 is 0 Å². The number of hydrogen-bond acceptors (Lipinski definition) is 3. The lowest BCUT2D eigenvalue weighted by Crippen LogP contribution is -2.59. The van der Waals surface area contributed by atoms with Crippen molar-refractivity contribution < 1.29 is 4.79 Å². The summed E-state index contributed by atoms with van der Waals surface area (Å²) in [6.07, 6.45) is 5.82. The average molecular weight is 310 g/mol. The molecule has 0 aliphatic carbocycles. The standard InChI is InChI=1S/C18H22N4O/c1-13-6-5-7-14(10-13)15(12-20-3)8-9-18(2)11-16(23)22(4)17(19)21-18/h5-10,12H,3,11H2,1-2,4H3,(H2,19,21)/b9-8+,15-12+/t18-/m1/s1. The van der Waals surface area contributed by atoms with Gasteiger partial charge >= 0.3 is 0 Å². The molecule has 1 atom stereocenters. The van der Waals surface area contributed by atoms with Gasteiger partial charge in [0, 0.05) is 13.2 Å². The first-order chi connectivity index (χ1) is 10.8. The van der Waals surface area contributed by atoms with Gasteiger partial charge in [0.05, 0.1) is 12.0 Å². The Kier molecular flexibility index (Phi) is 4.79. The molecule has 1 heterocycles. The van der Waals surface area contributed by atoms with Crippen LogP contribution in [0.25, 0.3) is 5.57 Å².